The fourth-order valence-corrected chi connectivity index (χ4v) is 1.79. The van der Waals surface area contributed by atoms with Crippen LogP contribution in [0.5, 0.6) is 0 Å². The second-order valence-electron chi connectivity index (χ2n) is 3.65. The molecule has 14 heavy (non-hydrogen) atoms. The molecule has 5 nitrogen and oxygen atoms in total. The maximum Gasteiger partial charge on any atom is 0.246 e. The van der Waals surface area contributed by atoms with Crippen molar-refractivity contribution in [3.05, 3.63) is 0 Å². The summed E-state index contributed by atoms with van der Waals surface area (Å²) in [6.07, 6.45) is 1.96. The van der Waals surface area contributed by atoms with Crippen LogP contribution in [0.15, 0.2) is 0 Å². The lowest BCUT2D eigenvalue weighted by molar-refractivity contribution is -0.143. The quantitative estimate of drug-likeness (QED) is 0.616. The van der Waals surface area contributed by atoms with E-state index >= 15 is 0 Å². The van der Waals surface area contributed by atoms with E-state index in [0.29, 0.717) is 19.6 Å². The van der Waals surface area contributed by atoms with Crippen molar-refractivity contribution >= 4 is 11.8 Å². The summed E-state index contributed by atoms with van der Waals surface area (Å²) in [5.74, 6) is -0.0307. The first kappa shape index (κ1) is 9.45. The average molecular weight is 198 g/mol. The van der Waals surface area contributed by atoms with E-state index in [0.717, 1.165) is 19.6 Å². The van der Waals surface area contributed by atoms with Gasteiger partial charge in [0.05, 0.1) is 6.61 Å². The Morgan fingerprint density at radius 2 is 2.43 bits per heavy atom. The van der Waals surface area contributed by atoms with E-state index in [1.807, 2.05) is 0 Å². The van der Waals surface area contributed by atoms with Crippen LogP contribution < -0.4 is 5.32 Å². The number of hydrogen-bond acceptors (Lipinski definition) is 3. The lowest BCUT2D eigenvalue weighted by Gasteiger charge is -2.28. The summed E-state index contributed by atoms with van der Waals surface area (Å²) in [5.41, 5.74) is 0. The Bertz CT molecular complexity index is 248. The molecule has 0 aromatic heterocycles. The number of ether oxygens (including phenoxy) is 1. The molecule has 2 aliphatic heterocycles. The number of carbonyl (C=O) groups excluding carboxylic acids is 2. The molecule has 1 unspecified atom stereocenters. The van der Waals surface area contributed by atoms with E-state index in [1.54, 1.807) is 4.90 Å². The zero-order valence-electron chi connectivity index (χ0n) is 7.99. The Morgan fingerprint density at radius 3 is 3.00 bits per heavy atom. The van der Waals surface area contributed by atoms with Crippen LogP contribution in [0.25, 0.3) is 0 Å². The van der Waals surface area contributed by atoms with Crippen LogP contribution in [0.1, 0.15) is 19.3 Å². The van der Waals surface area contributed by atoms with Crippen LogP contribution in [0.2, 0.25) is 0 Å². The molecule has 2 fully saturated rings. The van der Waals surface area contributed by atoms with Crippen LogP contribution in [0, 0.1) is 0 Å². The molecule has 2 rings (SSSR count). The van der Waals surface area contributed by atoms with E-state index in [1.165, 1.54) is 0 Å². The molecule has 78 valence electrons. The molecule has 2 aliphatic rings. The van der Waals surface area contributed by atoms with Gasteiger partial charge in [-0.05, 0) is 12.8 Å². The number of amides is 2. The lowest BCUT2D eigenvalue weighted by Crippen LogP contribution is -2.47. The highest BCUT2D eigenvalue weighted by molar-refractivity contribution is 5.90. The topological polar surface area (TPSA) is 58.6 Å². The second-order valence-corrected chi connectivity index (χ2v) is 3.65. The SMILES string of the molecule is O=C1CCC(C(=O)N2CCCOC2)N1. The Kier molecular flexibility index (Phi) is 2.67. The smallest absolute Gasteiger partial charge is 0.246 e. The highest BCUT2D eigenvalue weighted by Gasteiger charge is 2.31. The van der Waals surface area contributed by atoms with E-state index in [-0.39, 0.29) is 17.9 Å². The third-order valence-corrected chi connectivity index (χ3v) is 2.57. The Morgan fingerprint density at radius 1 is 1.57 bits per heavy atom. The molecule has 1 N–H and O–H groups in total. The summed E-state index contributed by atoms with van der Waals surface area (Å²) in [6, 6.07) is -0.316. The van der Waals surface area contributed by atoms with E-state index < -0.39 is 0 Å². The summed E-state index contributed by atoms with van der Waals surface area (Å²) in [7, 11) is 0. The van der Waals surface area contributed by atoms with Crippen LogP contribution in [-0.2, 0) is 14.3 Å². The fraction of sp³-hybridized carbons (Fsp3) is 0.778. The first-order chi connectivity index (χ1) is 6.77. The molecule has 2 heterocycles. The standard InChI is InChI=1S/C9H14N2O3/c12-8-3-2-7(10-8)9(13)11-4-1-5-14-6-11/h7H,1-6H2,(H,10,12). The Hall–Kier alpha value is -1.10. The number of hydrogen-bond donors (Lipinski definition) is 1. The zero-order valence-corrected chi connectivity index (χ0v) is 7.99. The second kappa shape index (κ2) is 3.96. The molecule has 0 aromatic carbocycles. The highest BCUT2D eigenvalue weighted by Crippen LogP contribution is 2.11. The summed E-state index contributed by atoms with van der Waals surface area (Å²) in [5, 5.41) is 2.67. The first-order valence-corrected chi connectivity index (χ1v) is 4.93. The molecule has 0 radical (unpaired) electrons. The van der Waals surface area contributed by atoms with Crippen molar-refractivity contribution in [3.8, 4) is 0 Å². The maximum atomic E-state index is 11.8. The molecule has 5 heteroatoms. The van der Waals surface area contributed by atoms with E-state index in [9.17, 15) is 9.59 Å². The van der Waals surface area contributed by atoms with Gasteiger partial charge in [0, 0.05) is 13.0 Å². The Labute approximate surface area is 82.4 Å². The first-order valence-electron chi connectivity index (χ1n) is 4.93. The summed E-state index contributed by atoms with van der Waals surface area (Å²) in [4.78, 5) is 24.4. The van der Waals surface area contributed by atoms with Gasteiger partial charge in [0.25, 0.3) is 0 Å². The van der Waals surface area contributed by atoms with Gasteiger partial charge in [-0.1, -0.05) is 0 Å². The summed E-state index contributed by atoms with van der Waals surface area (Å²) >= 11 is 0. The summed E-state index contributed by atoms with van der Waals surface area (Å²) < 4.78 is 5.18. The number of nitrogens with one attached hydrogen (secondary N) is 1. The van der Waals surface area contributed by atoms with Crippen molar-refractivity contribution in [1.82, 2.24) is 10.2 Å². The van der Waals surface area contributed by atoms with Gasteiger partial charge in [0.15, 0.2) is 0 Å². The predicted octanol–water partition coefficient (Wildman–Crippen LogP) is -0.529. The van der Waals surface area contributed by atoms with Gasteiger partial charge in [-0.25, -0.2) is 0 Å². The number of nitrogens with zero attached hydrogens (tertiary/aromatic N) is 1. The van der Waals surface area contributed by atoms with E-state index in [4.69, 9.17) is 4.74 Å². The van der Waals surface area contributed by atoms with Crippen LogP contribution >= 0.6 is 0 Å². The molecular formula is C9H14N2O3. The normalized spacial score (nSPS) is 27.6. The highest BCUT2D eigenvalue weighted by atomic mass is 16.5. The predicted molar refractivity (Wildman–Crippen MR) is 48.3 cm³/mol. The Balaban J connectivity index is 1.90. The molecule has 0 saturated carbocycles. The molecule has 0 spiro atoms. The average Bonchev–Trinajstić information content (AvgIpc) is 2.65. The minimum Gasteiger partial charge on any atom is -0.361 e. The van der Waals surface area contributed by atoms with Crippen LogP contribution in [0.4, 0.5) is 0 Å². The van der Waals surface area contributed by atoms with Crippen molar-refractivity contribution in [1.29, 1.82) is 0 Å². The minimum absolute atomic E-state index is 0.00412. The molecule has 2 saturated heterocycles. The number of carbonyl (C=O) groups is 2. The third-order valence-electron chi connectivity index (χ3n) is 2.57. The van der Waals surface area contributed by atoms with Crippen molar-refractivity contribution in [3.63, 3.8) is 0 Å². The van der Waals surface area contributed by atoms with Gasteiger partial charge in [-0.3, -0.25) is 9.59 Å². The maximum absolute atomic E-state index is 11.8. The third kappa shape index (κ3) is 1.87. The van der Waals surface area contributed by atoms with Gasteiger partial charge in [-0.15, -0.1) is 0 Å². The van der Waals surface area contributed by atoms with Crippen molar-refractivity contribution in [2.24, 2.45) is 0 Å². The fourth-order valence-electron chi connectivity index (χ4n) is 1.79. The lowest BCUT2D eigenvalue weighted by atomic mass is 10.2. The summed E-state index contributed by atoms with van der Waals surface area (Å²) in [6.45, 7) is 1.83. The molecule has 0 aliphatic carbocycles. The van der Waals surface area contributed by atoms with E-state index in [2.05, 4.69) is 5.32 Å². The molecular weight excluding hydrogens is 184 g/mol. The zero-order chi connectivity index (χ0) is 9.97. The van der Waals surface area contributed by atoms with Gasteiger partial charge in [-0.2, -0.15) is 0 Å². The largest absolute Gasteiger partial charge is 0.361 e. The van der Waals surface area contributed by atoms with Crippen molar-refractivity contribution in [2.45, 2.75) is 25.3 Å². The van der Waals surface area contributed by atoms with Crippen molar-refractivity contribution < 1.29 is 14.3 Å². The van der Waals surface area contributed by atoms with Gasteiger partial charge in [0.2, 0.25) is 11.8 Å². The number of rotatable bonds is 1. The molecule has 0 bridgehead atoms. The van der Waals surface area contributed by atoms with Crippen molar-refractivity contribution in [2.75, 3.05) is 19.9 Å². The van der Waals surface area contributed by atoms with Gasteiger partial charge < -0.3 is 15.0 Å². The van der Waals surface area contributed by atoms with Crippen LogP contribution in [0.3, 0.4) is 0 Å². The van der Waals surface area contributed by atoms with Gasteiger partial charge >= 0.3 is 0 Å². The molecule has 2 amide bonds. The monoisotopic (exact) mass is 198 g/mol. The molecule has 0 aromatic rings. The molecule has 1 atom stereocenters. The van der Waals surface area contributed by atoms with Crippen LogP contribution in [-0.4, -0.2) is 42.6 Å². The van der Waals surface area contributed by atoms with Gasteiger partial charge in [0.1, 0.15) is 12.8 Å². The minimum atomic E-state index is -0.316.